The van der Waals surface area contributed by atoms with Crippen LogP contribution in [0.4, 0.5) is 13.2 Å². The van der Waals surface area contributed by atoms with Gasteiger partial charge in [0, 0.05) is 31.8 Å². The lowest BCUT2D eigenvalue weighted by atomic mass is 10.1. The van der Waals surface area contributed by atoms with Crippen LogP contribution in [0.25, 0.3) is 0 Å². The number of nitrogens with two attached hydrogens (primary N) is 1. The Morgan fingerprint density at radius 3 is 2.26 bits per heavy atom. The summed E-state index contributed by atoms with van der Waals surface area (Å²) in [4.78, 5) is -1.11. The summed E-state index contributed by atoms with van der Waals surface area (Å²) in [6.07, 6.45) is 1.46. The predicted octanol–water partition coefficient (Wildman–Crippen LogP) is 1.62. The van der Waals surface area contributed by atoms with E-state index in [1.165, 1.54) is 0 Å². The minimum absolute atomic E-state index is 0.0892. The van der Waals surface area contributed by atoms with Crippen LogP contribution < -0.4 is 5.73 Å². The second-order valence-corrected chi connectivity index (χ2v) is 7.19. The molecule has 2 N–H and O–H groups in total. The number of rotatable bonds is 6. The highest BCUT2D eigenvalue weighted by Gasteiger charge is 2.34. The third kappa shape index (κ3) is 4.23. The molecule has 1 aromatic rings. The zero-order valence-corrected chi connectivity index (χ0v) is 13.3. The molecule has 0 amide bonds. The standard InChI is InChI=1S/C14H19F3N2O3S/c15-10-8-12(16)14(13(17)9-10)23(20,21)19-5-2-11(3-6-19)22-7-1-4-18/h8-9,11H,1-7,18H2. The first kappa shape index (κ1) is 18.2. The van der Waals surface area contributed by atoms with E-state index in [4.69, 9.17) is 10.5 Å². The summed E-state index contributed by atoms with van der Waals surface area (Å²) in [7, 11) is -4.35. The van der Waals surface area contributed by atoms with Crippen molar-refractivity contribution in [3.05, 3.63) is 29.6 Å². The van der Waals surface area contributed by atoms with Crippen LogP contribution in [-0.2, 0) is 14.8 Å². The van der Waals surface area contributed by atoms with Crippen LogP contribution in [0.2, 0.25) is 0 Å². The highest BCUT2D eigenvalue weighted by atomic mass is 32.2. The van der Waals surface area contributed by atoms with Crippen LogP contribution in [-0.4, -0.2) is 45.1 Å². The summed E-state index contributed by atoms with van der Waals surface area (Å²) in [5.41, 5.74) is 5.36. The van der Waals surface area contributed by atoms with Crippen molar-refractivity contribution in [2.75, 3.05) is 26.2 Å². The van der Waals surface area contributed by atoms with Gasteiger partial charge < -0.3 is 10.5 Å². The van der Waals surface area contributed by atoms with E-state index in [1.54, 1.807) is 0 Å². The normalized spacial score (nSPS) is 17.6. The van der Waals surface area contributed by atoms with Gasteiger partial charge in [-0.05, 0) is 25.8 Å². The summed E-state index contributed by atoms with van der Waals surface area (Å²) in [6, 6.07) is 0.720. The van der Waals surface area contributed by atoms with Gasteiger partial charge in [-0.15, -0.1) is 0 Å². The molecular weight excluding hydrogens is 333 g/mol. The van der Waals surface area contributed by atoms with Gasteiger partial charge in [0.1, 0.15) is 17.5 Å². The molecule has 0 aromatic heterocycles. The van der Waals surface area contributed by atoms with Crippen molar-refractivity contribution in [1.82, 2.24) is 4.31 Å². The lowest BCUT2D eigenvalue weighted by molar-refractivity contribution is 0.0208. The second-order valence-electron chi connectivity index (χ2n) is 5.32. The zero-order chi connectivity index (χ0) is 17.0. The van der Waals surface area contributed by atoms with Crippen molar-refractivity contribution in [2.45, 2.75) is 30.3 Å². The first-order valence-electron chi connectivity index (χ1n) is 7.32. The number of sulfonamides is 1. The number of nitrogens with zero attached hydrogens (tertiary/aromatic N) is 1. The molecule has 2 rings (SSSR count). The van der Waals surface area contributed by atoms with Crippen LogP contribution in [0.5, 0.6) is 0 Å². The van der Waals surface area contributed by atoms with Gasteiger partial charge >= 0.3 is 0 Å². The lowest BCUT2D eigenvalue weighted by Gasteiger charge is -2.31. The molecule has 0 bridgehead atoms. The maximum absolute atomic E-state index is 13.7. The Labute approximate surface area is 133 Å². The monoisotopic (exact) mass is 352 g/mol. The van der Waals surface area contributed by atoms with Crippen molar-refractivity contribution in [2.24, 2.45) is 5.73 Å². The molecule has 0 radical (unpaired) electrons. The summed E-state index contributed by atoms with van der Waals surface area (Å²) in [5.74, 6) is -4.02. The smallest absolute Gasteiger partial charge is 0.248 e. The van der Waals surface area contributed by atoms with Crippen molar-refractivity contribution < 1.29 is 26.3 Å². The molecule has 1 heterocycles. The van der Waals surface area contributed by atoms with Gasteiger partial charge in [0.15, 0.2) is 4.90 Å². The summed E-state index contributed by atoms with van der Waals surface area (Å²) >= 11 is 0. The zero-order valence-electron chi connectivity index (χ0n) is 12.5. The van der Waals surface area contributed by atoms with Crippen molar-refractivity contribution >= 4 is 10.0 Å². The van der Waals surface area contributed by atoms with Crippen molar-refractivity contribution in [3.8, 4) is 0 Å². The molecule has 1 aliphatic heterocycles. The average molecular weight is 352 g/mol. The summed E-state index contributed by atoms with van der Waals surface area (Å²) in [6.45, 7) is 1.18. The molecule has 1 aromatic carbocycles. The molecule has 9 heteroatoms. The number of halogens is 3. The van der Waals surface area contributed by atoms with Gasteiger partial charge in [-0.25, -0.2) is 21.6 Å². The number of hydrogen-bond donors (Lipinski definition) is 1. The SMILES string of the molecule is NCCCOC1CCN(S(=O)(=O)c2c(F)cc(F)cc2F)CC1. The van der Waals surface area contributed by atoms with Crippen molar-refractivity contribution in [3.63, 3.8) is 0 Å². The highest BCUT2D eigenvalue weighted by molar-refractivity contribution is 7.89. The minimum Gasteiger partial charge on any atom is -0.378 e. The van der Waals surface area contributed by atoms with Gasteiger partial charge in [0.2, 0.25) is 10.0 Å². The molecule has 0 unspecified atom stereocenters. The topological polar surface area (TPSA) is 72.6 Å². The second kappa shape index (κ2) is 7.61. The van der Waals surface area contributed by atoms with Gasteiger partial charge in [-0.1, -0.05) is 0 Å². The fraction of sp³-hybridized carbons (Fsp3) is 0.571. The van der Waals surface area contributed by atoms with Crippen LogP contribution in [0.3, 0.4) is 0 Å². The average Bonchev–Trinajstić information content (AvgIpc) is 2.46. The maximum atomic E-state index is 13.7. The van der Waals surface area contributed by atoms with E-state index in [9.17, 15) is 21.6 Å². The van der Waals surface area contributed by atoms with E-state index in [0.29, 0.717) is 44.5 Å². The van der Waals surface area contributed by atoms with Gasteiger partial charge in [0.05, 0.1) is 6.10 Å². The van der Waals surface area contributed by atoms with E-state index >= 15 is 0 Å². The minimum atomic E-state index is -4.35. The Morgan fingerprint density at radius 1 is 1.17 bits per heavy atom. The molecule has 5 nitrogen and oxygen atoms in total. The number of hydrogen-bond acceptors (Lipinski definition) is 4. The van der Waals surface area contributed by atoms with Crippen LogP contribution in [0.15, 0.2) is 17.0 Å². The third-order valence-electron chi connectivity index (χ3n) is 3.66. The molecule has 0 aliphatic carbocycles. The Kier molecular flexibility index (Phi) is 6.01. The van der Waals surface area contributed by atoms with Gasteiger partial charge in [0.25, 0.3) is 0 Å². The molecule has 1 aliphatic rings. The van der Waals surface area contributed by atoms with E-state index in [-0.39, 0.29) is 19.2 Å². The van der Waals surface area contributed by atoms with E-state index < -0.39 is 32.4 Å². The summed E-state index contributed by atoms with van der Waals surface area (Å²) < 4.78 is 71.7. The summed E-state index contributed by atoms with van der Waals surface area (Å²) in [5, 5.41) is 0. The molecular formula is C14H19F3N2O3S. The molecule has 0 atom stereocenters. The van der Waals surface area contributed by atoms with Crippen molar-refractivity contribution in [1.29, 1.82) is 0 Å². The van der Waals surface area contributed by atoms with E-state index in [1.807, 2.05) is 0 Å². The van der Waals surface area contributed by atoms with E-state index in [2.05, 4.69) is 0 Å². The van der Waals surface area contributed by atoms with E-state index in [0.717, 1.165) is 4.31 Å². The molecule has 1 saturated heterocycles. The van der Waals surface area contributed by atoms with Crippen LogP contribution in [0, 0.1) is 17.5 Å². The first-order chi connectivity index (χ1) is 10.9. The van der Waals surface area contributed by atoms with Crippen LogP contribution >= 0.6 is 0 Å². The lowest BCUT2D eigenvalue weighted by Crippen LogP contribution is -2.41. The third-order valence-corrected chi connectivity index (χ3v) is 5.61. The fourth-order valence-corrected chi connectivity index (χ4v) is 4.04. The predicted molar refractivity (Wildman–Crippen MR) is 77.7 cm³/mol. The number of piperidine rings is 1. The Bertz CT molecular complexity index is 624. The Hall–Kier alpha value is -1.16. The first-order valence-corrected chi connectivity index (χ1v) is 8.76. The fourth-order valence-electron chi connectivity index (χ4n) is 2.48. The van der Waals surface area contributed by atoms with Gasteiger partial charge in [-0.2, -0.15) is 4.31 Å². The maximum Gasteiger partial charge on any atom is 0.248 e. The molecule has 1 fully saturated rings. The Balaban J connectivity index is 2.08. The quantitative estimate of drug-likeness (QED) is 0.790. The van der Waals surface area contributed by atoms with Crippen LogP contribution in [0.1, 0.15) is 19.3 Å². The molecule has 23 heavy (non-hydrogen) atoms. The number of ether oxygens (including phenoxy) is 1. The Morgan fingerprint density at radius 2 is 1.74 bits per heavy atom. The molecule has 130 valence electrons. The molecule has 0 spiro atoms. The number of benzene rings is 1. The largest absolute Gasteiger partial charge is 0.378 e. The molecule has 0 saturated carbocycles. The van der Waals surface area contributed by atoms with Gasteiger partial charge in [-0.3, -0.25) is 0 Å². The highest BCUT2D eigenvalue weighted by Crippen LogP contribution is 2.26.